The van der Waals surface area contributed by atoms with E-state index in [-0.39, 0.29) is 5.91 Å². The summed E-state index contributed by atoms with van der Waals surface area (Å²) in [6.07, 6.45) is 2.52. The van der Waals surface area contributed by atoms with E-state index in [2.05, 4.69) is 37.9 Å². The van der Waals surface area contributed by atoms with Crippen molar-refractivity contribution in [3.8, 4) is 0 Å². The molecule has 2 N–H and O–H groups in total. The molecule has 1 aliphatic rings. The topological polar surface area (TPSA) is 70.1 Å². The van der Waals surface area contributed by atoms with Crippen molar-refractivity contribution in [3.05, 3.63) is 23.8 Å². The maximum atomic E-state index is 12.2. The first-order valence-corrected chi connectivity index (χ1v) is 10.3. The highest BCUT2D eigenvalue weighted by Crippen LogP contribution is 2.27. The van der Waals surface area contributed by atoms with Gasteiger partial charge in [-0.2, -0.15) is 0 Å². The van der Waals surface area contributed by atoms with Crippen LogP contribution in [0.5, 0.6) is 0 Å². The molecule has 2 heterocycles. The third-order valence-corrected chi connectivity index (χ3v) is 6.03. The SMILES string of the molecule is CCNc1nnc(SCC(=O)Nc2ccc(N3CCCC3)cc2C)s1. The van der Waals surface area contributed by atoms with E-state index in [1.807, 2.05) is 19.9 Å². The summed E-state index contributed by atoms with van der Waals surface area (Å²) in [6, 6.07) is 6.25. The second kappa shape index (κ2) is 8.53. The number of rotatable bonds is 7. The lowest BCUT2D eigenvalue weighted by Crippen LogP contribution is -2.18. The van der Waals surface area contributed by atoms with E-state index < -0.39 is 0 Å². The molecule has 1 aromatic carbocycles. The molecule has 0 radical (unpaired) electrons. The van der Waals surface area contributed by atoms with Gasteiger partial charge in [-0.3, -0.25) is 4.79 Å². The quantitative estimate of drug-likeness (QED) is 0.719. The number of carbonyl (C=O) groups is 1. The number of carbonyl (C=O) groups excluding carboxylic acids is 1. The lowest BCUT2D eigenvalue weighted by molar-refractivity contribution is -0.113. The Bertz CT molecular complexity index is 728. The number of amides is 1. The fourth-order valence-electron chi connectivity index (χ4n) is 2.76. The Morgan fingerprint density at radius 3 is 2.84 bits per heavy atom. The average molecular weight is 378 g/mol. The van der Waals surface area contributed by atoms with E-state index in [4.69, 9.17) is 0 Å². The smallest absolute Gasteiger partial charge is 0.234 e. The van der Waals surface area contributed by atoms with Crippen LogP contribution >= 0.6 is 23.1 Å². The molecule has 134 valence electrons. The number of thioether (sulfide) groups is 1. The summed E-state index contributed by atoms with van der Waals surface area (Å²) in [7, 11) is 0. The molecule has 6 nitrogen and oxygen atoms in total. The molecular weight excluding hydrogens is 354 g/mol. The highest BCUT2D eigenvalue weighted by atomic mass is 32.2. The third kappa shape index (κ3) is 4.85. The van der Waals surface area contributed by atoms with Gasteiger partial charge < -0.3 is 15.5 Å². The van der Waals surface area contributed by atoms with Crippen LogP contribution < -0.4 is 15.5 Å². The zero-order valence-corrected chi connectivity index (χ0v) is 16.2. The Kier molecular flexibility index (Phi) is 6.14. The van der Waals surface area contributed by atoms with Crippen molar-refractivity contribution in [1.29, 1.82) is 0 Å². The molecule has 0 unspecified atom stereocenters. The van der Waals surface area contributed by atoms with Gasteiger partial charge in [-0.05, 0) is 50.5 Å². The number of aromatic nitrogens is 2. The number of nitrogens with zero attached hydrogens (tertiary/aromatic N) is 3. The Hall–Kier alpha value is -1.80. The summed E-state index contributed by atoms with van der Waals surface area (Å²) >= 11 is 2.88. The lowest BCUT2D eigenvalue weighted by Gasteiger charge is -2.19. The van der Waals surface area contributed by atoms with Crippen molar-refractivity contribution in [3.63, 3.8) is 0 Å². The minimum atomic E-state index is -0.0257. The number of hydrogen-bond acceptors (Lipinski definition) is 7. The summed E-state index contributed by atoms with van der Waals surface area (Å²) in [5, 5.41) is 15.0. The number of nitrogens with one attached hydrogen (secondary N) is 2. The second-order valence-corrected chi connectivity index (χ2v) is 8.13. The van der Waals surface area contributed by atoms with Gasteiger partial charge in [0, 0.05) is 31.0 Å². The molecule has 1 saturated heterocycles. The summed E-state index contributed by atoms with van der Waals surface area (Å²) in [4.78, 5) is 14.6. The van der Waals surface area contributed by atoms with Crippen molar-refractivity contribution >= 4 is 45.5 Å². The van der Waals surface area contributed by atoms with Gasteiger partial charge >= 0.3 is 0 Å². The van der Waals surface area contributed by atoms with Gasteiger partial charge in [0.2, 0.25) is 11.0 Å². The van der Waals surface area contributed by atoms with Crippen LogP contribution in [0.1, 0.15) is 25.3 Å². The van der Waals surface area contributed by atoms with Crippen LogP contribution in [0.2, 0.25) is 0 Å². The van der Waals surface area contributed by atoms with Gasteiger partial charge in [0.1, 0.15) is 0 Å². The van der Waals surface area contributed by atoms with E-state index in [0.29, 0.717) is 5.75 Å². The molecule has 0 saturated carbocycles. The Labute approximate surface area is 156 Å². The maximum absolute atomic E-state index is 12.2. The Balaban J connectivity index is 1.53. The first-order chi connectivity index (χ1) is 12.2. The molecule has 0 spiro atoms. The largest absolute Gasteiger partial charge is 0.372 e. The summed E-state index contributed by atoms with van der Waals surface area (Å²) in [5.74, 6) is 0.302. The molecule has 0 bridgehead atoms. The molecule has 1 aromatic heterocycles. The van der Waals surface area contributed by atoms with Gasteiger partial charge in [-0.1, -0.05) is 23.1 Å². The molecule has 0 atom stereocenters. The van der Waals surface area contributed by atoms with E-state index in [9.17, 15) is 4.79 Å². The molecule has 1 amide bonds. The van der Waals surface area contributed by atoms with E-state index in [1.165, 1.54) is 41.6 Å². The first kappa shape index (κ1) is 18.0. The van der Waals surface area contributed by atoms with Crippen LogP contribution in [0.3, 0.4) is 0 Å². The Morgan fingerprint density at radius 2 is 2.12 bits per heavy atom. The first-order valence-electron chi connectivity index (χ1n) is 8.51. The van der Waals surface area contributed by atoms with Crippen LogP contribution in [0.25, 0.3) is 0 Å². The summed E-state index contributed by atoms with van der Waals surface area (Å²) < 4.78 is 0.798. The normalized spacial score (nSPS) is 13.9. The fourth-order valence-corrected chi connectivity index (χ4v) is 4.38. The van der Waals surface area contributed by atoms with Gasteiger partial charge in [0.15, 0.2) is 4.34 Å². The predicted octanol–water partition coefficient (Wildman–Crippen LogP) is 3.61. The van der Waals surface area contributed by atoms with Crippen LogP contribution in [0.15, 0.2) is 22.5 Å². The summed E-state index contributed by atoms with van der Waals surface area (Å²) in [5.41, 5.74) is 3.21. The highest BCUT2D eigenvalue weighted by Gasteiger charge is 2.14. The molecular formula is C17H23N5OS2. The van der Waals surface area contributed by atoms with Crippen LogP contribution in [-0.2, 0) is 4.79 Å². The van der Waals surface area contributed by atoms with Crippen molar-refractivity contribution in [1.82, 2.24) is 10.2 Å². The van der Waals surface area contributed by atoms with Crippen molar-refractivity contribution in [2.24, 2.45) is 0 Å². The Morgan fingerprint density at radius 1 is 1.32 bits per heavy atom. The third-order valence-electron chi connectivity index (χ3n) is 4.02. The van der Waals surface area contributed by atoms with Crippen molar-refractivity contribution < 1.29 is 4.79 Å². The van der Waals surface area contributed by atoms with E-state index in [0.717, 1.165) is 40.4 Å². The number of anilines is 3. The average Bonchev–Trinajstić information content (AvgIpc) is 3.27. The minimum Gasteiger partial charge on any atom is -0.372 e. The number of aryl methyl sites for hydroxylation is 1. The standard InChI is InChI=1S/C17H23N5OS2/c1-3-18-16-20-21-17(25-16)24-11-15(23)19-14-7-6-13(10-12(14)2)22-8-4-5-9-22/h6-7,10H,3-5,8-9,11H2,1-2H3,(H,18,20)(H,19,23). The molecule has 2 aromatic rings. The molecule has 3 rings (SSSR count). The molecule has 25 heavy (non-hydrogen) atoms. The number of hydrogen-bond donors (Lipinski definition) is 2. The zero-order chi connectivity index (χ0) is 17.6. The van der Waals surface area contributed by atoms with E-state index in [1.54, 1.807) is 0 Å². The monoisotopic (exact) mass is 377 g/mol. The molecule has 8 heteroatoms. The van der Waals surface area contributed by atoms with Crippen LogP contribution in [0.4, 0.5) is 16.5 Å². The van der Waals surface area contributed by atoms with Crippen molar-refractivity contribution in [2.45, 2.75) is 31.0 Å². The maximum Gasteiger partial charge on any atom is 0.234 e. The fraction of sp³-hybridized carbons (Fsp3) is 0.471. The second-order valence-electron chi connectivity index (χ2n) is 5.93. The van der Waals surface area contributed by atoms with Gasteiger partial charge in [0.25, 0.3) is 0 Å². The van der Waals surface area contributed by atoms with Crippen LogP contribution in [0, 0.1) is 6.92 Å². The summed E-state index contributed by atoms with van der Waals surface area (Å²) in [6.45, 7) is 7.11. The molecule has 0 aliphatic carbocycles. The van der Waals surface area contributed by atoms with Gasteiger partial charge in [0.05, 0.1) is 5.75 Å². The zero-order valence-electron chi connectivity index (χ0n) is 14.5. The number of benzene rings is 1. The lowest BCUT2D eigenvalue weighted by atomic mass is 10.1. The van der Waals surface area contributed by atoms with Gasteiger partial charge in [-0.15, -0.1) is 10.2 Å². The van der Waals surface area contributed by atoms with Gasteiger partial charge in [-0.25, -0.2) is 0 Å². The van der Waals surface area contributed by atoms with Crippen LogP contribution in [-0.4, -0.2) is 41.5 Å². The van der Waals surface area contributed by atoms with Crippen molar-refractivity contribution in [2.75, 3.05) is 40.9 Å². The predicted molar refractivity (Wildman–Crippen MR) is 106 cm³/mol. The molecule has 1 fully saturated rings. The highest BCUT2D eigenvalue weighted by molar-refractivity contribution is 8.01. The molecule has 1 aliphatic heterocycles. The van der Waals surface area contributed by atoms with E-state index >= 15 is 0 Å². The minimum absolute atomic E-state index is 0.0257.